The smallest absolute Gasteiger partial charge is 0.410 e. The monoisotopic (exact) mass is 486 g/mol. The molecule has 0 radical (unpaired) electrons. The Morgan fingerprint density at radius 2 is 1.68 bits per heavy atom. The van der Waals surface area contributed by atoms with Gasteiger partial charge >= 0.3 is 6.09 Å². The molecule has 0 saturated carbocycles. The summed E-state index contributed by atoms with van der Waals surface area (Å²) < 4.78 is 15.0. The number of carbonyl (C=O) groups is 1. The van der Waals surface area contributed by atoms with Gasteiger partial charge in [-0.15, -0.1) is 0 Å². The van der Waals surface area contributed by atoms with Crippen LogP contribution in [0, 0.1) is 0 Å². The molecule has 1 aromatic carbocycles. The Hall–Kier alpha value is -2.06. The van der Waals surface area contributed by atoms with Gasteiger partial charge in [0.2, 0.25) is 0 Å². The summed E-state index contributed by atoms with van der Waals surface area (Å²) in [6.45, 7) is 16.8. The van der Waals surface area contributed by atoms with Crippen molar-refractivity contribution in [1.82, 2.24) is 14.5 Å². The van der Waals surface area contributed by atoms with Crippen molar-refractivity contribution in [3.8, 4) is 0 Å². The second-order valence-corrected chi connectivity index (χ2v) is 16.2. The lowest BCUT2D eigenvalue weighted by Crippen LogP contribution is -2.46. The van der Waals surface area contributed by atoms with Crippen molar-refractivity contribution in [1.29, 1.82) is 0 Å². The maximum Gasteiger partial charge on any atom is 0.410 e. The largest absolute Gasteiger partial charge is 0.442 e. The van der Waals surface area contributed by atoms with Gasteiger partial charge in [0.15, 0.2) is 14.5 Å². The minimum Gasteiger partial charge on any atom is -0.442 e. The minimum atomic E-state index is -2.17. The highest BCUT2D eigenvalue weighted by molar-refractivity contribution is 6.74. The Kier molecular flexibility index (Phi) is 7.29. The number of amides is 1. The van der Waals surface area contributed by atoms with Gasteiger partial charge in [-0.1, -0.05) is 26.8 Å². The number of carbonyl (C=O) groups excluding carboxylic acids is 1. The van der Waals surface area contributed by atoms with Gasteiger partial charge < -0.3 is 23.5 Å². The highest BCUT2D eigenvalue weighted by atomic mass is 28.4. The standard InChI is InChI=1S/C26H42N4O3Si/c1-20(32-25(31)29-17-8-7-9-18-29)24(33-34(5,6)26(2,3)4)30-19-27-23-21(13-12-14-22(23)30)28-15-10-11-16-28/h12-14,19-20,24H,7-11,15-18H2,1-6H3/t20-,24+/m1/s1. The number of likely N-dealkylation sites (tertiary alicyclic amines) is 1. The summed E-state index contributed by atoms with van der Waals surface area (Å²) in [5, 5.41) is 0.0267. The zero-order valence-corrected chi connectivity index (χ0v) is 22.8. The number of nitrogens with zero attached hydrogens (tertiary/aromatic N) is 4. The molecule has 2 aliphatic rings. The molecule has 188 valence electrons. The number of rotatable bonds is 6. The Morgan fingerprint density at radius 3 is 2.32 bits per heavy atom. The van der Waals surface area contributed by atoms with Gasteiger partial charge in [0.25, 0.3) is 0 Å². The summed E-state index contributed by atoms with van der Waals surface area (Å²) in [5.74, 6) is 0. The molecule has 1 amide bonds. The number of anilines is 1. The van der Waals surface area contributed by atoms with Gasteiger partial charge in [-0.25, -0.2) is 9.78 Å². The van der Waals surface area contributed by atoms with Crippen LogP contribution in [0.5, 0.6) is 0 Å². The van der Waals surface area contributed by atoms with Crippen molar-refractivity contribution in [2.75, 3.05) is 31.1 Å². The Bertz CT molecular complexity index is 988. The van der Waals surface area contributed by atoms with E-state index in [1.807, 2.05) is 18.2 Å². The highest BCUT2D eigenvalue weighted by Crippen LogP contribution is 2.41. The van der Waals surface area contributed by atoms with Crippen molar-refractivity contribution in [3.63, 3.8) is 0 Å². The van der Waals surface area contributed by atoms with E-state index in [1.54, 1.807) is 0 Å². The number of hydrogen-bond donors (Lipinski definition) is 0. The zero-order chi connectivity index (χ0) is 24.5. The molecule has 3 heterocycles. The molecule has 1 aromatic heterocycles. The highest BCUT2D eigenvalue weighted by Gasteiger charge is 2.42. The third-order valence-electron chi connectivity index (χ3n) is 7.83. The predicted octanol–water partition coefficient (Wildman–Crippen LogP) is 6.17. The van der Waals surface area contributed by atoms with Crippen LogP contribution < -0.4 is 4.90 Å². The van der Waals surface area contributed by atoms with Gasteiger partial charge in [0.1, 0.15) is 11.6 Å². The number of aromatic nitrogens is 2. The van der Waals surface area contributed by atoms with Crippen molar-refractivity contribution in [2.24, 2.45) is 0 Å². The molecule has 7 nitrogen and oxygen atoms in total. The molecular weight excluding hydrogens is 444 g/mol. The fourth-order valence-corrected chi connectivity index (χ4v) is 5.95. The molecule has 8 heteroatoms. The zero-order valence-electron chi connectivity index (χ0n) is 21.8. The molecule has 0 spiro atoms. The number of ether oxygens (including phenoxy) is 1. The number of piperidine rings is 1. The van der Waals surface area contributed by atoms with E-state index in [2.05, 4.69) is 61.5 Å². The van der Waals surface area contributed by atoms with Gasteiger partial charge in [-0.3, -0.25) is 0 Å². The fourth-order valence-electron chi connectivity index (χ4n) is 4.68. The second kappa shape index (κ2) is 9.89. The molecule has 0 unspecified atom stereocenters. The first kappa shape index (κ1) is 25.0. The summed E-state index contributed by atoms with van der Waals surface area (Å²) in [6, 6.07) is 6.36. The van der Waals surface area contributed by atoms with Crippen LogP contribution in [0.2, 0.25) is 18.1 Å². The summed E-state index contributed by atoms with van der Waals surface area (Å²) in [7, 11) is -2.17. The van der Waals surface area contributed by atoms with Gasteiger partial charge in [-0.2, -0.15) is 0 Å². The number of para-hydroxylation sites is 1. The van der Waals surface area contributed by atoms with Gasteiger partial charge in [-0.05, 0) is 69.3 Å². The quantitative estimate of drug-likeness (QED) is 0.457. The molecule has 2 aliphatic heterocycles. The molecule has 0 N–H and O–H groups in total. The van der Waals surface area contributed by atoms with Crippen LogP contribution in [-0.4, -0.2) is 61.1 Å². The molecule has 34 heavy (non-hydrogen) atoms. The summed E-state index contributed by atoms with van der Waals surface area (Å²) in [6.07, 6.45) is 6.44. The third-order valence-corrected chi connectivity index (χ3v) is 12.3. The summed E-state index contributed by atoms with van der Waals surface area (Å²) in [4.78, 5) is 22.1. The van der Waals surface area contributed by atoms with Crippen LogP contribution in [0.25, 0.3) is 11.0 Å². The Balaban J connectivity index is 1.67. The fraction of sp³-hybridized carbons (Fsp3) is 0.692. The van der Waals surface area contributed by atoms with Crippen LogP contribution in [0.4, 0.5) is 10.5 Å². The lowest BCUT2D eigenvalue weighted by atomic mass is 10.1. The average molecular weight is 487 g/mol. The SMILES string of the molecule is C[C@@H](OC(=O)N1CCCCC1)[C@H](O[Si](C)(C)C(C)(C)C)n1cnc2c(N3CCCC3)cccc21. The summed E-state index contributed by atoms with van der Waals surface area (Å²) in [5.41, 5.74) is 3.19. The number of benzene rings is 1. The third kappa shape index (κ3) is 5.13. The van der Waals surface area contributed by atoms with E-state index in [4.69, 9.17) is 14.1 Å². The van der Waals surface area contributed by atoms with E-state index in [1.165, 1.54) is 24.9 Å². The van der Waals surface area contributed by atoms with Crippen molar-refractivity contribution in [2.45, 2.75) is 90.3 Å². The number of imidazole rings is 1. The van der Waals surface area contributed by atoms with Crippen LogP contribution >= 0.6 is 0 Å². The first-order chi connectivity index (χ1) is 16.1. The Labute approximate surface area is 205 Å². The first-order valence-corrected chi connectivity index (χ1v) is 15.8. The van der Waals surface area contributed by atoms with Crippen LogP contribution in [0.3, 0.4) is 0 Å². The van der Waals surface area contributed by atoms with Gasteiger partial charge in [0.05, 0.1) is 17.5 Å². The molecule has 4 rings (SSSR count). The van der Waals surface area contributed by atoms with Crippen LogP contribution in [0.15, 0.2) is 24.5 Å². The van der Waals surface area contributed by atoms with Crippen LogP contribution in [0.1, 0.15) is 66.0 Å². The van der Waals surface area contributed by atoms with E-state index in [0.29, 0.717) is 0 Å². The van der Waals surface area contributed by atoms with E-state index < -0.39 is 20.6 Å². The van der Waals surface area contributed by atoms with E-state index in [0.717, 1.165) is 50.1 Å². The number of fused-ring (bicyclic) bond motifs is 1. The maximum atomic E-state index is 13.0. The van der Waals surface area contributed by atoms with E-state index in [9.17, 15) is 4.79 Å². The Morgan fingerprint density at radius 1 is 1.03 bits per heavy atom. The second-order valence-electron chi connectivity index (χ2n) is 11.4. The van der Waals surface area contributed by atoms with Crippen molar-refractivity contribution < 1.29 is 14.0 Å². The van der Waals surface area contributed by atoms with Crippen LogP contribution in [-0.2, 0) is 9.16 Å². The summed E-state index contributed by atoms with van der Waals surface area (Å²) >= 11 is 0. The lowest BCUT2D eigenvalue weighted by molar-refractivity contribution is -0.0303. The molecule has 0 bridgehead atoms. The van der Waals surface area contributed by atoms with Crippen molar-refractivity contribution >= 4 is 31.1 Å². The van der Waals surface area contributed by atoms with Gasteiger partial charge in [0, 0.05) is 26.2 Å². The molecular formula is C26H42N4O3Si. The maximum absolute atomic E-state index is 13.0. The average Bonchev–Trinajstić information content (AvgIpc) is 3.47. The predicted molar refractivity (Wildman–Crippen MR) is 140 cm³/mol. The van der Waals surface area contributed by atoms with Crippen molar-refractivity contribution in [3.05, 3.63) is 24.5 Å². The lowest BCUT2D eigenvalue weighted by Gasteiger charge is -2.41. The molecule has 2 atom stereocenters. The molecule has 2 fully saturated rings. The first-order valence-electron chi connectivity index (χ1n) is 12.9. The van der Waals surface area contributed by atoms with E-state index in [-0.39, 0.29) is 11.1 Å². The normalized spacial score (nSPS) is 19.5. The molecule has 2 aromatic rings. The number of hydrogen-bond acceptors (Lipinski definition) is 5. The van der Waals surface area contributed by atoms with E-state index >= 15 is 0 Å². The molecule has 2 saturated heterocycles. The minimum absolute atomic E-state index is 0.0267. The topological polar surface area (TPSA) is 59.8 Å². The molecule has 0 aliphatic carbocycles.